The van der Waals surface area contributed by atoms with Gasteiger partial charge in [-0.3, -0.25) is 0 Å². The van der Waals surface area contributed by atoms with Crippen LogP contribution in [0.1, 0.15) is 53.9 Å². The second kappa shape index (κ2) is 9.47. The van der Waals surface area contributed by atoms with E-state index in [0.29, 0.717) is 0 Å². The SMILES string of the molecule is CC[Si](CC)(CC)OC(CCC1SCCCS1)=C(C)C. The lowest BCUT2D eigenvalue weighted by Crippen LogP contribution is -2.35. The van der Waals surface area contributed by atoms with Gasteiger partial charge in [0.25, 0.3) is 0 Å². The summed E-state index contributed by atoms with van der Waals surface area (Å²) in [4.78, 5) is 0. The van der Waals surface area contributed by atoms with Gasteiger partial charge >= 0.3 is 0 Å². The van der Waals surface area contributed by atoms with Gasteiger partial charge in [-0.15, -0.1) is 23.5 Å². The molecule has 0 aromatic heterocycles. The largest absolute Gasteiger partial charge is 0.547 e. The highest BCUT2D eigenvalue weighted by Gasteiger charge is 2.31. The van der Waals surface area contributed by atoms with Crippen LogP contribution in [0.2, 0.25) is 18.1 Å². The lowest BCUT2D eigenvalue weighted by atomic mass is 10.2. The summed E-state index contributed by atoms with van der Waals surface area (Å²) in [6.45, 7) is 11.4. The Bertz CT molecular complexity index is 295. The summed E-state index contributed by atoms with van der Waals surface area (Å²) in [5.41, 5.74) is 1.39. The molecule has 118 valence electrons. The molecule has 0 aromatic carbocycles. The molecule has 0 N–H and O–H groups in total. The van der Waals surface area contributed by atoms with Crippen LogP contribution >= 0.6 is 23.5 Å². The summed E-state index contributed by atoms with van der Waals surface area (Å²) in [5.74, 6) is 4.01. The highest BCUT2D eigenvalue weighted by molar-refractivity contribution is 8.17. The van der Waals surface area contributed by atoms with E-state index in [1.165, 1.54) is 53.8 Å². The molecule has 1 fully saturated rings. The number of rotatable bonds is 8. The summed E-state index contributed by atoms with van der Waals surface area (Å²) >= 11 is 4.30. The fourth-order valence-corrected chi connectivity index (χ4v) is 8.21. The van der Waals surface area contributed by atoms with Gasteiger partial charge in [0, 0.05) is 6.42 Å². The first-order chi connectivity index (χ1) is 9.56. The topological polar surface area (TPSA) is 9.23 Å². The minimum Gasteiger partial charge on any atom is -0.547 e. The first kappa shape index (κ1) is 18.5. The Hall–Kier alpha value is 0.457. The fourth-order valence-electron chi connectivity index (χ4n) is 2.58. The minimum absolute atomic E-state index is 0.794. The Balaban J connectivity index is 2.58. The summed E-state index contributed by atoms with van der Waals surface area (Å²) in [6.07, 6.45) is 3.80. The highest BCUT2D eigenvalue weighted by atomic mass is 32.2. The molecule has 1 nitrogen and oxygen atoms in total. The molecule has 0 atom stereocenters. The van der Waals surface area contributed by atoms with Crippen molar-refractivity contribution < 1.29 is 4.43 Å². The number of hydrogen-bond donors (Lipinski definition) is 0. The van der Waals surface area contributed by atoms with Crippen LogP contribution in [0.25, 0.3) is 0 Å². The Morgan fingerprint density at radius 1 is 1.05 bits per heavy atom. The van der Waals surface area contributed by atoms with E-state index in [2.05, 4.69) is 58.1 Å². The van der Waals surface area contributed by atoms with Crippen LogP contribution in [0, 0.1) is 0 Å². The Labute approximate surface area is 135 Å². The molecule has 1 aliphatic heterocycles. The van der Waals surface area contributed by atoms with Gasteiger partial charge in [-0.25, -0.2) is 0 Å². The highest BCUT2D eigenvalue weighted by Crippen LogP contribution is 2.36. The Morgan fingerprint density at radius 2 is 1.60 bits per heavy atom. The second-order valence-electron chi connectivity index (χ2n) is 5.83. The summed E-state index contributed by atoms with van der Waals surface area (Å²) in [6, 6.07) is 3.72. The molecule has 0 aliphatic carbocycles. The zero-order valence-corrected chi connectivity index (χ0v) is 16.6. The summed E-state index contributed by atoms with van der Waals surface area (Å²) in [5, 5.41) is 0. The van der Waals surface area contributed by atoms with Gasteiger partial charge in [0.2, 0.25) is 8.32 Å². The standard InChI is InChI=1S/C16H32OS2Si/c1-6-20(7-2,8-3)17-15(14(4)5)10-11-16-18-12-9-13-19-16/h16H,6-13H2,1-5H3. The van der Waals surface area contributed by atoms with Crippen molar-refractivity contribution in [2.75, 3.05) is 11.5 Å². The zero-order chi connectivity index (χ0) is 15.0. The predicted molar refractivity (Wildman–Crippen MR) is 99.2 cm³/mol. The molecular formula is C16H32OS2Si. The van der Waals surface area contributed by atoms with E-state index < -0.39 is 8.32 Å². The molecule has 1 aliphatic rings. The Morgan fingerprint density at radius 3 is 2.05 bits per heavy atom. The van der Waals surface area contributed by atoms with Crippen molar-refractivity contribution in [1.29, 1.82) is 0 Å². The fraction of sp³-hybridized carbons (Fsp3) is 0.875. The maximum absolute atomic E-state index is 6.64. The average Bonchev–Trinajstić information content (AvgIpc) is 2.49. The minimum atomic E-state index is -1.50. The normalized spacial score (nSPS) is 17.1. The molecule has 1 saturated heterocycles. The third-order valence-corrected chi connectivity index (χ3v) is 12.0. The van der Waals surface area contributed by atoms with E-state index in [9.17, 15) is 0 Å². The van der Waals surface area contributed by atoms with Crippen molar-refractivity contribution in [2.45, 2.75) is 76.6 Å². The first-order valence-electron chi connectivity index (χ1n) is 8.15. The number of hydrogen-bond acceptors (Lipinski definition) is 3. The maximum Gasteiger partial charge on any atom is 0.250 e. The van der Waals surface area contributed by atoms with Gasteiger partial charge in [-0.1, -0.05) is 20.8 Å². The summed E-state index contributed by atoms with van der Waals surface area (Å²) in [7, 11) is -1.50. The van der Waals surface area contributed by atoms with Crippen LogP contribution in [-0.2, 0) is 4.43 Å². The van der Waals surface area contributed by atoms with E-state index >= 15 is 0 Å². The smallest absolute Gasteiger partial charge is 0.250 e. The van der Waals surface area contributed by atoms with Crippen molar-refractivity contribution in [2.24, 2.45) is 0 Å². The molecule has 20 heavy (non-hydrogen) atoms. The predicted octanol–water partition coefficient (Wildman–Crippen LogP) is 6.28. The lowest BCUT2D eigenvalue weighted by molar-refractivity contribution is 0.376. The van der Waals surface area contributed by atoms with E-state index in [1.807, 2.05) is 0 Å². The molecule has 0 aromatic rings. The third-order valence-electron chi connectivity index (χ3n) is 4.33. The summed E-state index contributed by atoms with van der Waals surface area (Å²) < 4.78 is 7.43. The zero-order valence-electron chi connectivity index (χ0n) is 14.0. The van der Waals surface area contributed by atoms with Gasteiger partial charge in [0.05, 0.1) is 10.3 Å². The van der Waals surface area contributed by atoms with Gasteiger partial charge in [-0.2, -0.15) is 0 Å². The van der Waals surface area contributed by atoms with Crippen LogP contribution in [-0.4, -0.2) is 24.4 Å². The number of allylic oxidation sites excluding steroid dienone is 2. The van der Waals surface area contributed by atoms with Crippen LogP contribution in [0.3, 0.4) is 0 Å². The molecule has 1 rings (SSSR count). The lowest BCUT2D eigenvalue weighted by Gasteiger charge is -2.32. The number of thioether (sulfide) groups is 2. The molecule has 0 spiro atoms. The molecule has 1 heterocycles. The van der Waals surface area contributed by atoms with E-state index in [0.717, 1.165) is 11.0 Å². The third kappa shape index (κ3) is 5.68. The van der Waals surface area contributed by atoms with Gasteiger partial charge in [0.15, 0.2) is 0 Å². The van der Waals surface area contributed by atoms with Crippen LogP contribution in [0.5, 0.6) is 0 Å². The van der Waals surface area contributed by atoms with Crippen LogP contribution in [0.4, 0.5) is 0 Å². The van der Waals surface area contributed by atoms with Crippen molar-refractivity contribution >= 4 is 31.8 Å². The van der Waals surface area contributed by atoms with Crippen molar-refractivity contribution in [3.8, 4) is 0 Å². The van der Waals surface area contributed by atoms with Crippen LogP contribution < -0.4 is 0 Å². The molecule has 0 amide bonds. The first-order valence-corrected chi connectivity index (χ1v) is 12.8. The van der Waals surface area contributed by atoms with Crippen molar-refractivity contribution in [3.05, 3.63) is 11.3 Å². The Kier molecular flexibility index (Phi) is 8.76. The monoisotopic (exact) mass is 332 g/mol. The van der Waals surface area contributed by atoms with Gasteiger partial charge in [0.1, 0.15) is 0 Å². The van der Waals surface area contributed by atoms with Crippen molar-refractivity contribution in [3.63, 3.8) is 0 Å². The molecule has 0 radical (unpaired) electrons. The molecule has 0 unspecified atom stereocenters. The molecule has 0 saturated carbocycles. The van der Waals surface area contributed by atoms with E-state index in [-0.39, 0.29) is 0 Å². The second-order valence-corrected chi connectivity index (χ2v) is 13.4. The van der Waals surface area contributed by atoms with E-state index in [1.54, 1.807) is 0 Å². The van der Waals surface area contributed by atoms with Gasteiger partial charge in [-0.05, 0) is 61.9 Å². The molecular weight excluding hydrogens is 300 g/mol. The van der Waals surface area contributed by atoms with E-state index in [4.69, 9.17) is 4.43 Å². The molecule has 4 heteroatoms. The quantitative estimate of drug-likeness (QED) is 0.382. The molecule has 0 bridgehead atoms. The van der Waals surface area contributed by atoms with Gasteiger partial charge < -0.3 is 4.43 Å². The van der Waals surface area contributed by atoms with Crippen molar-refractivity contribution in [1.82, 2.24) is 0 Å². The maximum atomic E-state index is 6.64. The van der Waals surface area contributed by atoms with Crippen LogP contribution in [0.15, 0.2) is 11.3 Å². The average molecular weight is 333 g/mol.